The summed E-state index contributed by atoms with van der Waals surface area (Å²) in [6.45, 7) is 5.77. The number of rotatable bonds is 5. The van der Waals surface area contributed by atoms with Crippen molar-refractivity contribution in [1.29, 1.82) is 0 Å². The Kier molecular flexibility index (Phi) is 8.71. The Balaban J connectivity index is 2.96. The molecule has 0 nitrogen and oxygen atoms in total. The number of allylic oxidation sites excluding steroid dienone is 1. The van der Waals surface area contributed by atoms with Crippen molar-refractivity contribution in [2.24, 2.45) is 0 Å². The van der Waals surface area contributed by atoms with Crippen LogP contribution < -0.4 is 0 Å². The van der Waals surface area contributed by atoms with Gasteiger partial charge in [-0.3, -0.25) is 0 Å². The Morgan fingerprint density at radius 1 is 1.18 bits per heavy atom. The maximum Gasteiger partial charge on any atom is 0.00922 e. The Bertz CT molecular complexity index is 134. The largest absolute Gasteiger partial charge is 0.0985 e. The molecule has 0 saturated heterocycles. The molecule has 0 amide bonds. The van der Waals surface area contributed by atoms with Crippen molar-refractivity contribution >= 4 is 0 Å². The van der Waals surface area contributed by atoms with E-state index in [1.165, 1.54) is 32.1 Å². The van der Waals surface area contributed by atoms with Crippen LogP contribution in [0, 0.1) is 11.8 Å². The maximum atomic E-state index is 3.53. The van der Waals surface area contributed by atoms with Gasteiger partial charge in [0.2, 0.25) is 0 Å². The van der Waals surface area contributed by atoms with Crippen LogP contribution in [0.25, 0.3) is 0 Å². The summed E-state index contributed by atoms with van der Waals surface area (Å²) >= 11 is 0. The fraction of sp³-hybridized carbons (Fsp3) is 0.636. The van der Waals surface area contributed by atoms with E-state index in [0.29, 0.717) is 0 Å². The van der Waals surface area contributed by atoms with Crippen LogP contribution in [0.4, 0.5) is 0 Å². The monoisotopic (exact) mass is 150 g/mol. The zero-order valence-electron chi connectivity index (χ0n) is 7.53. The van der Waals surface area contributed by atoms with E-state index in [2.05, 4.69) is 25.3 Å². The molecule has 0 saturated carbocycles. The highest BCUT2D eigenvalue weighted by Crippen LogP contribution is 2.03. The molecule has 0 heterocycles. The van der Waals surface area contributed by atoms with Crippen molar-refractivity contribution in [3.05, 3.63) is 12.7 Å². The third-order valence-corrected chi connectivity index (χ3v) is 1.61. The maximum absolute atomic E-state index is 3.53. The molecular weight excluding hydrogens is 132 g/mol. The van der Waals surface area contributed by atoms with E-state index in [9.17, 15) is 0 Å². The number of hydrogen-bond acceptors (Lipinski definition) is 0. The topological polar surface area (TPSA) is 0 Å². The van der Waals surface area contributed by atoms with Crippen molar-refractivity contribution in [2.75, 3.05) is 0 Å². The van der Waals surface area contributed by atoms with Crippen molar-refractivity contribution < 1.29 is 0 Å². The van der Waals surface area contributed by atoms with E-state index >= 15 is 0 Å². The van der Waals surface area contributed by atoms with Crippen molar-refractivity contribution in [3.8, 4) is 11.8 Å². The summed E-state index contributed by atoms with van der Waals surface area (Å²) in [4.78, 5) is 0. The van der Waals surface area contributed by atoms with E-state index < -0.39 is 0 Å². The van der Waals surface area contributed by atoms with Crippen LogP contribution in [-0.2, 0) is 0 Å². The standard InChI is InChI=1S/C11H18/c1-3-5-7-9-11-10-8-6-4-2/h3H,1,4,6,8-11H2,2H3. The van der Waals surface area contributed by atoms with Gasteiger partial charge in [0.15, 0.2) is 0 Å². The Morgan fingerprint density at radius 2 is 1.91 bits per heavy atom. The average molecular weight is 150 g/mol. The highest BCUT2D eigenvalue weighted by atomic mass is 13.9. The molecule has 0 unspecified atom stereocenters. The molecule has 0 aliphatic carbocycles. The molecule has 0 aliphatic heterocycles. The molecule has 0 heteroatoms. The molecule has 62 valence electrons. The van der Waals surface area contributed by atoms with E-state index in [-0.39, 0.29) is 0 Å². The fourth-order valence-electron chi connectivity index (χ4n) is 0.961. The van der Waals surface area contributed by atoms with Gasteiger partial charge in [-0.1, -0.05) is 51.0 Å². The van der Waals surface area contributed by atoms with Gasteiger partial charge in [0, 0.05) is 6.42 Å². The highest BCUT2D eigenvalue weighted by Gasteiger charge is 1.85. The second-order valence-corrected chi connectivity index (χ2v) is 2.69. The van der Waals surface area contributed by atoms with Gasteiger partial charge in [0.25, 0.3) is 0 Å². The van der Waals surface area contributed by atoms with E-state index in [1.807, 2.05) is 0 Å². The summed E-state index contributed by atoms with van der Waals surface area (Å²) in [6, 6.07) is 0. The molecule has 0 radical (unpaired) electrons. The van der Waals surface area contributed by atoms with Gasteiger partial charge >= 0.3 is 0 Å². The molecule has 0 aromatic carbocycles. The molecule has 0 aromatic heterocycles. The van der Waals surface area contributed by atoms with E-state index in [4.69, 9.17) is 0 Å². The third kappa shape index (κ3) is 9.30. The third-order valence-electron chi connectivity index (χ3n) is 1.61. The van der Waals surface area contributed by atoms with Crippen LogP contribution in [-0.4, -0.2) is 0 Å². The van der Waals surface area contributed by atoms with Crippen LogP contribution in [0.2, 0.25) is 0 Å². The first kappa shape index (κ1) is 10.3. The molecule has 0 atom stereocenters. The summed E-state index contributed by atoms with van der Waals surface area (Å²) in [5, 5.41) is 0. The predicted octanol–water partition coefficient (Wildman–Crippen LogP) is 3.54. The summed E-state index contributed by atoms with van der Waals surface area (Å²) in [7, 11) is 0. The van der Waals surface area contributed by atoms with Crippen molar-refractivity contribution in [3.63, 3.8) is 0 Å². The Hall–Kier alpha value is -0.700. The van der Waals surface area contributed by atoms with Crippen LogP contribution >= 0.6 is 0 Å². The minimum atomic E-state index is 1.04. The number of unbranched alkanes of at least 4 members (excludes halogenated alkanes) is 5. The normalized spacial score (nSPS) is 8.45. The van der Waals surface area contributed by atoms with Gasteiger partial charge in [-0.25, -0.2) is 0 Å². The average Bonchev–Trinajstić information content (AvgIpc) is 2.03. The first-order chi connectivity index (χ1) is 5.41. The zero-order chi connectivity index (χ0) is 8.36. The lowest BCUT2D eigenvalue weighted by atomic mass is 10.1. The second kappa shape index (κ2) is 9.30. The smallest absolute Gasteiger partial charge is 0.00922 e. The number of hydrogen-bond donors (Lipinski definition) is 0. The molecule has 0 bridgehead atoms. The molecule has 0 rings (SSSR count). The predicted molar refractivity (Wildman–Crippen MR) is 51.3 cm³/mol. The van der Waals surface area contributed by atoms with Crippen molar-refractivity contribution in [2.45, 2.75) is 45.4 Å². The molecule has 0 aromatic rings. The van der Waals surface area contributed by atoms with Crippen LogP contribution in [0.5, 0.6) is 0 Å². The Labute approximate surface area is 70.7 Å². The summed E-state index contributed by atoms with van der Waals surface area (Å²) in [5.74, 6) is 5.90. The SMILES string of the molecule is C=CC#CCCCCCCC. The molecule has 0 aliphatic rings. The van der Waals surface area contributed by atoms with Gasteiger partial charge in [0.05, 0.1) is 0 Å². The highest BCUT2D eigenvalue weighted by molar-refractivity contribution is 5.11. The lowest BCUT2D eigenvalue weighted by Crippen LogP contribution is -1.75. The first-order valence-corrected chi connectivity index (χ1v) is 4.51. The molecule has 0 spiro atoms. The minimum absolute atomic E-state index is 1.04. The quantitative estimate of drug-likeness (QED) is 0.415. The van der Waals surface area contributed by atoms with E-state index in [1.54, 1.807) is 6.08 Å². The summed E-state index contributed by atoms with van der Waals surface area (Å²) < 4.78 is 0. The second-order valence-electron chi connectivity index (χ2n) is 2.69. The van der Waals surface area contributed by atoms with Crippen molar-refractivity contribution in [1.82, 2.24) is 0 Å². The van der Waals surface area contributed by atoms with Crippen LogP contribution in [0.3, 0.4) is 0 Å². The lowest BCUT2D eigenvalue weighted by Gasteiger charge is -1.93. The van der Waals surface area contributed by atoms with Crippen LogP contribution in [0.15, 0.2) is 12.7 Å². The molecule has 0 fully saturated rings. The summed E-state index contributed by atoms with van der Waals surface area (Å²) in [5.41, 5.74) is 0. The molecule has 0 N–H and O–H groups in total. The minimum Gasteiger partial charge on any atom is -0.0985 e. The van der Waals surface area contributed by atoms with Gasteiger partial charge in [0.1, 0.15) is 0 Å². The fourth-order valence-corrected chi connectivity index (χ4v) is 0.961. The zero-order valence-corrected chi connectivity index (χ0v) is 7.53. The van der Waals surface area contributed by atoms with Crippen LogP contribution in [0.1, 0.15) is 45.4 Å². The lowest BCUT2D eigenvalue weighted by molar-refractivity contribution is 0.641. The van der Waals surface area contributed by atoms with Gasteiger partial charge in [-0.05, 0) is 12.5 Å². The van der Waals surface area contributed by atoms with Gasteiger partial charge in [-0.15, -0.1) is 0 Å². The van der Waals surface area contributed by atoms with Gasteiger partial charge in [-0.2, -0.15) is 0 Å². The summed E-state index contributed by atoms with van der Waals surface area (Å²) in [6.07, 6.45) is 9.34. The van der Waals surface area contributed by atoms with E-state index in [0.717, 1.165) is 6.42 Å². The Morgan fingerprint density at radius 3 is 2.55 bits per heavy atom. The van der Waals surface area contributed by atoms with Gasteiger partial charge < -0.3 is 0 Å². The molecular formula is C11H18. The first-order valence-electron chi connectivity index (χ1n) is 4.51. The molecule has 11 heavy (non-hydrogen) atoms.